The van der Waals surface area contributed by atoms with Crippen molar-refractivity contribution in [1.82, 2.24) is 0 Å². The number of carbonyl (C=O) groups excluding carboxylic acids is 1. The van der Waals surface area contributed by atoms with Crippen LogP contribution in [0.1, 0.15) is 25.5 Å². The predicted molar refractivity (Wildman–Crippen MR) is 54.6 cm³/mol. The van der Waals surface area contributed by atoms with E-state index in [2.05, 4.69) is 0 Å². The predicted octanol–water partition coefficient (Wildman–Crippen LogP) is 1.64. The van der Waals surface area contributed by atoms with E-state index in [9.17, 15) is 4.79 Å². The van der Waals surface area contributed by atoms with Crippen LogP contribution in [0.3, 0.4) is 0 Å². The van der Waals surface area contributed by atoms with Crippen LogP contribution in [-0.2, 0) is 9.53 Å². The van der Waals surface area contributed by atoms with Gasteiger partial charge in [-0.15, -0.1) is 0 Å². The zero-order valence-corrected chi connectivity index (χ0v) is 8.44. The van der Waals surface area contributed by atoms with Gasteiger partial charge in [-0.3, -0.25) is 4.79 Å². The van der Waals surface area contributed by atoms with E-state index < -0.39 is 6.04 Å². The fourth-order valence-corrected chi connectivity index (χ4v) is 1.07. The highest BCUT2D eigenvalue weighted by Crippen LogP contribution is 2.16. The van der Waals surface area contributed by atoms with Crippen LogP contribution in [0.5, 0.6) is 0 Å². The van der Waals surface area contributed by atoms with Crippen LogP contribution in [0, 0.1) is 0 Å². The standard InChI is InChI=1S/C11H15NO2/c1-8(12)11(13)14-9(2)10-6-4-3-5-7-10/h3-9H,12H2,1-2H3/t8-,9?/m1/s1. The summed E-state index contributed by atoms with van der Waals surface area (Å²) in [5, 5.41) is 0. The van der Waals surface area contributed by atoms with Crippen LogP contribution in [0.2, 0.25) is 0 Å². The van der Waals surface area contributed by atoms with Gasteiger partial charge in [0, 0.05) is 0 Å². The fourth-order valence-electron chi connectivity index (χ4n) is 1.07. The quantitative estimate of drug-likeness (QED) is 0.742. The highest BCUT2D eigenvalue weighted by Gasteiger charge is 2.14. The van der Waals surface area contributed by atoms with Crippen LogP contribution in [-0.4, -0.2) is 12.0 Å². The van der Waals surface area contributed by atoms with E-state index >= 15 is 0 Å². The third kappa shape index (κ3) is 2.85. The SMILES string of the molecule is CC(OC(=O)[C@@H](C)N)c1ccccc1. The molecule has 0 radical (unpaired) electrons. The zero-order chi connectivity index (χ0) is 10.6. The maximum atomic E-state index is 11.2. The second kappa shape index (κ2) is 4.77. The molecule has 0 heterocycles. The average Bonchev–Trinajstić information content (AvgIpc) is 2.19. The minimum atomic E-state index is -0.568. The van der Waals surface area contributed by atoms with E-state index in [1.807, 2.05) is 37.3 Å². The highest BCUT2D eigenvalue weighted by atomic mass is 16.5. The van der Waals surface area contributed by atoms with Crippen LogP contribution in [0.4, 0.5) is 0 Å². The minimum Gasteiger partial charge on any atom is -0.457 e. The van der Waals surface area contributed by atoms with Crippen molar-refractivity contribution in [3.05, 3.63) is 35.9 Å². The molecule has 0 saturated carbocycles. The van der Waals surface area contributed by atoms with Gasteiger partial charge in [0.2, 0.25) is 0 Å². The molecule has 0 fully saturated rings. The molecule has 1 aromatic carbocycles. The Hall–Kier alpha value is -1.35. The fraction of sp³-hybridized carbons (Fsp3) is 0.364. The normalized spacial score (nSPS) is 14.5. The van der Waals surface area contributed by atoms with Crippen molar-refractivity contribution < 1.29 is 9.53 Å². The number of nitrogens with two attached hydrogens (primary N) is 1. The first-order valence-electron chi connectivity index (χ1n) is 4.62. The van der Waals surface area contributed by atoms with E-state index in [4.69, 9.17) is 10.5 Å². The van der Waals surface area contributed by atoms with E-state index in [1.165, 1.54) is 0 Å². The van der Waals surface area contributed by atoms with E-state index in [0.717, 1.165) is 5.56 Å². The van der Waals surface area contributed by atoms with Gasteiger partial charge in [-0.1, -0.05) is 30.3 Å². The van der Waals surface area contributed by atoms with E-state index in [1.54, 1.807) is 6.92 Å². The summed E-state index contributed by atoms with van der Waals surface area (Å²) in [5.74, 6) is -0.374. The minimum absolute atomic E-state index is 0.241. The van der Waals surface area contributed by atoms with Crippen LogP contribution >= 0.6 is 0 Å². The molecule has 2 N–H and O–H groups in total. The van der Waals surface area contributed by atoms with Gasteiger partial charge >= 0.3 is 5.97 Å². The van der Waals surface area contributed by atoms with E-state index in [0.29, 0.717) is 0 Å². The van der Waals surface area contributed by atoms with Gasteiger partial charge in [-0.2, -0.15) is 0 Å². The molecule has 0 spiro atoms. The van der Waals surface area contributed by atoms with Crippen molar-refractivity contribution in [2.45, 2.75) is 26.0 Å². The molecule has 3 heteroatoms. The number of hydrogen-bond donors (Lipinski definition) is 1. The molecule has 76 valence electrons. The number of rotatable bonds is 3. The number of ether oxygens (including phenoxy) is 1. The van der Waals surface area contributed by atoms with Crippen molar-refractivity contribution in [2.24, 2.45) is 5.73 Å². The maximum absolute atomic E-state index is 11.2. The van der Waals surface area contributed by atoms with Gasteiger partial charge in [0.25, 0.3) is 0 Å². The van der Waals surface area contributed by atoms with Gasteiger partial charge < -0.3 is 10.5 Å². The Labute approximate surface area is 83.9 Å². The molecule has 0 aromatic heterocycles. The Balaban J connectivity index is 2.59. The van der Waals surface area contributed by atoms with E-state index in [-0.39, 0.29) is 12.1 Å². The Morgan fingerprint density at radius 3 is 2.36 bits per heavy atom. The first kappa shape index (κ1) is 10.7. The van der Waals surface area contributed by atoms with Gasteiger partial charge in [-0.25, -0.2) is 0 Å². The molecule has 0 aliphatic carbocycles. The Morgan fingerprint density at radius 2 is 1.86 bits per heavy atom. The summed E-state index contributed by atoms with van der Waals surface area (Å²) in [6, 6.07) is 9.00. The summed E-state index contributed by atoms with van der Waals surface area (Å²) < 4.78 is 5.13. The second-order valence-corrected chi connectivity index (χ2v) is 3.28. The van der Waals surface area contributed by atoms with Crippen molar-refractivity contribution in [3.8, 4) is 0 Å². The molecule has 3 nitrogen and oxygen atoms in total. The molecule has 0 amide bonds. The molecule has 1 aromatic rings. The summed E-state index contributed by atoms with van der Waals surface area (Å²) in [6.45, 7) is 3.44. The summed E-state index contributed by atoms with van der Waals surface area (Å²) in [5.41, 5.74) is 6.36. The first-order chi connectivity index (χ1) is 6.61. The molecule has 0 aliphatic heterocycles. The molecule has 0 bridgehead atoms. The molecule has 14 heavy (non-hydrogen) atoms. The van der Waals surface area contributed by atoms with Crippen LogP contribution in [0.25, 0.3) is 0 Å². The molecule has 2 atom stereocenters. The van der Waals surface area contributed by atoms with Gasteiger partial charge in [0.1, 0.15) is 12.1 Å². The lowest BCUT2D eigenvalue weighted by Crippen LogP contribution is -2.29. The number of benzene rings is 1. The summed E-state index contributed by atoms with van der Waals surface area (Å²) in [6.07, 6.45) is -0.241. The third-order valence-corrected chi connectivity index (χ3v) is 1.93. The molecule has 1 unspecified atom stereocenters. The lowest BCUT2D eigenvalue weighted by atomic mass is 10.1. The lowest BCUT2D eigenvalue weighted by Gasteiger charge is -2.14. The third-order valence-electron chi connectivity index (χ3n) is 1.93. The number of carbonyl (C=O) groups is 1. The second-order valence-electron chi connectivity index (χ2n) is 3.28. The van der Waals surface area contributed by atoms with Gasteiger partial charge in [0.05, 0.1) is 0 Å². The average molecular weight is 193 g/mol. The largest absolute Gasteiger partial charge is 0.457 e. The first-order valence-corrected chi connectivity index (χ1v) is 4.62. The topological polar surface area (TPSA) is 52.3 Å². The van der Waals surface area contributed by atoms with Crippen LogP contribution in [0.15, 0.2) is 30.3 Å². The Kier molecular flexibility index (Phi) is 3.65. The number of esters is 1. The smallest absolute Gasteiger partial charge is 0.323 e. The zero-order valence-electron chi connectivity index (χ0n) is 8.44. The van der Waals surface area contributed by atoms with Crippen molar-refractivity contribution in [3.63, 3.8) is 0 Å². The van der Waals surface area contributed by atoms with Crippen molar-refractivity contribution in [2.75, 3.05) is 0 Å². The number of hydrogen-bond acceptors (Lipinski definition) is 3. The molecular weight excluding hydrogens is 178 g/mol. The Morgan fingerprint density at radius 1 is 1.29 bits per heavy atom. The molecule has 1 rings (SSSR count). The van der Waals surface area contributed by atoms with Crippen molar-refractivity contribution in [1.29, 1.82) is 0 Å². The monoisotopic (exact) mass is 193 g/mol. The van der Waals surface area contributed by atoms with Crippen molar-refractivity contribution >= 4 is 5.97 Å². The maximum Gasteiger partial charge on any atom is 0.323 e. The summed E-state index contributed by atoms with van der Waals surface area (Å²) in [7, 11) is 0. The summed E-state index contributed by atoms with van der Waals surface area (Å²) in [4.78, 5) is 11.2. The van der Waals surface area contributed by atoms with Gasteiger partial charge in [-0.05, 0) is 19.4 Å². The molecule has 0 aliphatic rings. The molecule has 0 saturated heterocycles. The van der Waals surface area contributed by atoms with Crippen LogP contribution < -0.4 is 5.73 Å². The molecular formula is C11H15NO2. The Bertz CT molecular complexity index is 295. The highest BCUT2D eigenvalue weighted by molar-refractivity contribution is 5.75. The summed E-state index contributed by atoms with van der Waals surface area (Å²) >= 11 is 0. The lowest BCUT2D eigenvalue weighted by molar-refractivity contribution is -0.149. The van der Waals surface area contributed by atoms with Gasteiger partial charge in [0.15, 0.2) is 0 Å².